The zero-order valence-corrected chi connectivity index (χ0v) is 11.1. The molecule has 0 radical (unpaired) electrons. The van der Waals surface area contributed by atoms with Crippen molar-refractivity contribution in [2.75, 3.05) is 11.9 Å². The van der Waals surface area contributed by atoms with Crippen molar-refractivity contribution >= 4 is 17.3 Å². The van der Waals surface area contributed by atoms with Crippen molar-refractivity contribution in [3.63, 3.8) is 0 Å². The van der Waals surface area contributed by atoms with Crippen LogP contribution >= 0.6 is 11.6 Å². The maximum atomic E-state index is 6.14. The van der Waals surface area contributed by atoms with E-state index in [4.69, 9.17) is 17.3 Å². The van der Waals surface area contributed by atoms with E-state index in [1.165, 1.54) is 11.1 Å². The lowest BCUT2D eigenvalue weighted by Gasteiger charge is -2.19. The van der Waals surface area contributed by atoms with Gasteiger partial charge in [0.1, 0.15) is 0 Å². The summed E-state index contributed by atoms with van der Waals surface area (Å²) in [4.78, 5) is 0. The summed E-state index contributed by atoms with van der Waals surface area (Å²) in [6.45, 7) is 2.60. The van der Waals surface area contributed by atoms with Crippen molar-refractivity contribution in [2.24, 2.45) is 5.73 Å². The van der Waals surface area contributed by atoms with Gasteiger partial charge in [0.05, 0.1) is 16.8 Å². The van der Waals surface area contributed by atoms with Crippen LogP contribution in [0.3, 0.4) is 0 Å². The first-order valence-electron chi connectivity index (χ1n) is 5.98. The summed E-state index contributed by atoms with van der Waals surface area (Å²) in [5.74, 6) is 0. The van der Waals surface area contributed by atoms with Crippen LogP contribution in [-0.4, -0.2) is 6.54 Å². The number of hydrogen-bond acceptors (Lipinski definition) is 2. The normalized spacial score (nSPS) is 12.2. The van der Waals surface area contributed by atoms with Crippen molar-refractivity contribution in [1.29, 1.82) is 0 Å². The van der Waals surface area contributed by atoms with Gasteiger partial charge in [-0.05, 0) is 24.6 Å². The minimum absolute atomic E-state index is 0.0739. The predicted octanol–water partition coefficient (Wildman–Crippen LogP) is 3.76. The predicted molar refractivity (Wildman–Crippen MR) is 78.0 cm³/mol. The lowest BCUT2D eigenvalue weighted by Crippen LogP contribution is -2.20. The molecule has 0 bridgehead atoms. The Balaban J connectivity index is 2.23. The quantitative estimate of drug-likeness (QED) is 0.878. The Morgan fingerprint density at radius 3 is 2.61 bits per heavy atom. The lowest BCUT2D eigenvalue weighted by molar-refractivity contribution is 0.789. The molecule has 0 spiro atoms. The Bertz CT molecular complexity index is 525. The molecule has 3 N–H and O–H groups in total. The van der Waals surface area contributed by atoms with E-state index in [9.17, 15) is 0 Å². The van der Waals surface area contributed by atoms with Crippen LogP contribution in [0, 0.1) is 6.92 Å². The molecule has 3 heteroatoms. The molecule has 2 rings (SSSR count). The van der Waals surface area contributed by atoms with E-state index in [2.05, 4.69) is 30.4 Å². The maximum Gasteiger partial charge on any atom is 0.0637 e. The van der Waals surface area contributed by atoms with Crippen molar-refractivity contribution in [3.05, 3.63) is 64.7 Å². The molecule has 1 atom stereocenters. The fourth-order valence-electron chi connectivity index (χ4n) is 1.93. The molecule has 1 unspecified atom stereocenters. The number of aryl methyl sites for hydroxylation is 1. The average molecular weight is 261 g/mol. The molecule has 0 heterocycles. The van der Waals surface area contributed by atoms with E-state index in [1.54, 1.807) is 0 Å². The monoisotopic (exact) mass is 260 g/mol. The highest BCUT2D eigenvalue weighted by Gasteiger charge is 2.10. The second-order valence-electron chi connectivity index (χ2n) is 4.33. The molecule has 18 heavy (non-hydrogen) atoms. The van der Waals surface area contributed by atoms with E-state index < -0.39 is 0 Å². The molecule has 0 saturated heterocycles. The van der Waals surface area contributed by atoms with Crippen molar-refractivity contribution in [2.45, 2.75) is 13.0 Å². The van der Waals surface area contributed by atoms with Gasteiger partial charge in [-0.3, -0.25) is 0 Å². The summed E-state index contributed by atoms with van der Waals surface area (Å²) in [6, 6.07) is 16.1. The second kappa shape index (κ2) is 5.89. The van der Waals surface area contributed by atoms with E-state index >= 15 is 0 Å². The SMILES string of the molecule is Cc1cccc(C(CN)Nc2ccccc2Cl)c1. The highest BCUT2D eigenvalue weighted by molar-refractivity contribution is 6.33. The molecule has 0 aliphatic carbocycles. The molecule has 2 aromatic rings. The van der Waals surface area contributed by atoms with Gasteiger partial charge in [0, 0.05) is 6.54 Å². The van der Waals surface area contributed by atoms with Gasteiger partial charge in [-0.25, -0.2) is 0 Å². The number of halogens is 1. The van der Waals surface area contributed by atoms with Gasteiger partial charge in [-0.2, -0.15) is 0 Å². The van der Waals surface area contributed by atoms with E-state index in [0.717, 1.165) is 5.69 Å². The Kier molecular flexibility index (Phi) is 4.24. The molecule has 0 fully saturated rings. The average Bonchev–Trinajstić information content (AvgIpc) is 2.38. The first-order chi connectivity index (χ1) is 8.70. The molecule has 0 amide bonds. The second-order valence-corrected chi connectivity index (χ2v) is 4.73. The minimum atomic E-state index is 0.0739. The van der Waals surface area contributed by atoms with E-state index in [1.807, 2.05) is 30.3 Å². The number of hydrogen-bond donors (Lipinski definition) is 2. The molecule has 0 aromatic heterocycles. The number of nitrogens with one attached hydrogen (secondary N) is 1. The van der Waals surface area contributed by atoms with Gasteiger partial charge in [0.15, 0.2) is 0 Å². The Labute approximate surface area is 113 Å². The van der Waals surface area contributed by atoms with Gasteiger partial charge >= 0.3 is 0 Å². The van der Waals surface area contributed by atoms with Crippen LogP contribution in [0.4, 0.5) is 5.69 Å². The molecular weight excluding hydrogens is 244 g/mol. The highest BCUT2D eigenvalue weighted by Crippen LogP contribution is 2.25. The number of anilines is 1. The summed E-state index contributed by atoms with van der Waals surface area (Å²) in [5, 5.41) is 4.10. The summed E-state index contributed by atoms with van der Waals surface area (Å²) in [6.07, 6.45) is 0. The molecule has 0 aliphatic rings. The number of benzene rings is 2. The Morgan fingerprint density at radius 1 is 1.17 bits per heavy atom. The van der Waals surface area contributed by atoms with Crippen LogP contribution in [0.15, 0.2) is 48.5 Å². The molecule has 94 valence electrons. The van der Waals surface area contributed by atoms with Crippen LogP contribution in [0.1, 0.15) is 17.2 Å². The highest BCUT2D eigenvalue weighted by atomic mass is 35.5. The minimum Gasteiger partial charge on any atom is -0.376 e. The zero-order valence-electron chi connectivity index (χ0n) is 10.4. The van der Waals surface area contributed by atoms with Gasteiger partial charge in [0.2, 0.25) is 0 Å². The lowest BCUT2D eigenvalue weighted by atomic mass is 10.0. The largest absolute Gasteiger partial charge is 0.376 e. The number of rotatable bonds is 4. The third-order valence-corrected chi connectivity index (χ3v) is 3.21. The van der Waals surface area contributed by atoms with Crippen molar-refractivity contribution in [1.82, 2.24) is 0 Å². The topological polar surface area (TPSA) is 38.0 Å². The van der Waals surface area contributed by atoms with Crippen molar-refractivity contribution in [3.8, 4) is 0 Å². The van der Waals surface area contributed by atoms with Crippen LogP contribution in [0.25, 0.3) is 0 Å². The van der Waals surface area contributed by atoms with Gasteiger partial charge in [0.25, 0.3) is 0 Å². The Hall–Kier alpha value is -1.51. The first-order valence-corrected chi connectivity index (χ1v) is 6.36. The standard InChI is InChI=1S/C15H17ClN2/c1-11-5-4-6-12(9-11)15(10-17)18-14-8-3-2-7-13(14)16/h2-9,15,18H,10,17H2,1H3. The van der Waals surface area contributed by atoms with Gasteiger partial charge in [-0.1, -0.05) is 53.6 Å². The molecule has 2 aromatic carbocycles. The van der Waals surface area contributed by atoms with E-state index in [0.29, 0.717) is 11.6 Å². The smallest absolute Gasteiger partial charge is 0.0637 e. The third kappa shape index (κ3) is 3.03. The third-order valence-electron chi connectivity index (χ3n) is 2.88. The summed E-state index contributed by atoms with van der Waals surface area (Å²) < 4.78 is 0. The first kappa shape index (κ1) is 12.9. The van der Waals surface area contributed by atoms with E-state index in [-0.39, 0.29) is 6.04 Å². The molecule has 0 saturated carbocycles. The van der Waals surface area contributed by atoms with Crippen molar-refractivity contribution < 1.29 is 0 Å². The Morgan fingerprint density at radius 2 is 1.94 bits per heavy atom. The number of nitrogens with two attached hydrogens (primary N) is 1. The fourth-order valence-corrected chi connectivity index (χ4v) is 2.12. The van der Waals surface area contributed by atoms with Crippen LogP contribution < -0.4 is 11.1 Å². The zero-order chi connectivity index (χ0) is 13.0. The summed E-state index contributed by atoms with van der Waals surface area (Å²) in [7, 11) is 0. The summed E-state index contributed by atoms with van der Waals surface area (Å²) in [5.41, 5.74) is 9.17. The number of para-hydroxylation sites is 1. The molecule has 0 aliphatic heterocycles. The van der Waals surface area contributed by atoms with Crippen LogP contribution in [0.5, 0.6) is 0 Å². The van der Waals surface area contributed by atoms with Gasteiger partial charge in [-0.15, -0.1) is 0 Å². The van der Waals surface area contributed by atoms with Gasteiger partial charge < -0.3 is 11.1 Å². The molecular formula is C15H17ClN2. The maximum absolute atomic E-state index is 6.14. The molecule has 2 nitrogen and oxygen atoms in total. The summed E-state index contributed by atoms with van der Waals surface area (Å²) >= 11 is 6.14. The fraction of sp³-hybridized carbons (Fsp3) is 0.200. The van der Waals surface area contributed by atoms with Crippen LogP contribution in [-0.2, 0) is 0 Å². The van der Waals surface area contributed by atoms with Crippen LogP contribution in [0.2, 0.25) is 5.02 Å².